The first-order valence-corrected chi connectivity index (χ1v) is 10.2. The summed E-state index contributed by atoms with van der Waals surface area (Å²) in [5.41, 5.74) is 2.08. The van der Waals surface area contributed by atoms with Crippen molar-refractivity contribution < 1.29 is 9.53 Å². The molecule has 0 aliphatic carbocycles. The number of benzene rings is 2. The van der Waals surface area contributed by atoms with Crippen LogP contribution in [0.5, 0.6) is 5.75 Å². The van der Waals surface area contributed by atoms with Crippen LogP contribution in [0.4, 0.5) is 0 Å². The van der Waals surface area contributed by atoms with Crippen molar-refractivity contribution >= 4 is 12.0 Å². The highest BCUT2D eigenvalue weighted by Crippen LogP contribution is 2.16. The second-order valence-corrected chi connectivity index (χ2v) is 6.71. The van der Waals surface area contributed by atoms with Crippen LogP contribution in [-0.4, -0.2) is 37.0 Å². The number of rotatable bonds is 12. The normalized spacial score (nSPS) is 11.1. The molecule has 0 atom stereocenters. The Hall–Kier alpha value is -2.59. The Morgan fingerprint density at radius 2 is 1.82 bits per heavy atom. The van der Waals surface area contributed by atoms with Gasteiger partial charge in [-0.25, -0.2) is 0 Å². The Bertz CT molecular complexity index is 724. The molecule has 0 aliphatic heterocycles. The molecule has 0 aromatic heterocycles. The summed E-state index contributed by atoms with van der Waals surface area (Å²) in [6.07, 6.45) is 5.51. The summed E-state index contributed by atoms with van der Waals surface area (Å²) in [4.78, 5) is 14.4. The molecule has 0 bridgehead atoms. The highest BCUT2D eigenvalue weighted by molar-refractivity contribution is 5.91. The molecule has 1 N–H and O–H groups in total. The lowest BCUT2D eigenvalue weighted by molar-refractivity contribution is -0.116. The third-order valence-corrected chi connectivity index (χ3v) is 4.63. The summed E-state index contributed by atoms with van der Waals surface area (Å²) in [5, 5.41) is 2.95. The molecule has 0 saturated heterocycles. The third kappa shape index (κ3) is 8.40. The molecule has 0 aliphatic rings. The minimum Gasteiger partial charge on any atom is -0.489 e. The molecular formula is C24H32N2O2. The van der Waals surface area contributed by atoms with Crippen LogP contribution in [0.1, 0.15) is 37.8 Å². The molecule has 28 heavy (non-hydrogen) atoms. The third-order valence-electron chi connectivity index (χ3n) is 4.63. The van der Waals surface area contributed by atoms with E-state index in [1.54, 1.807) is 6.08 Å². The molecule has 0 saturated carbocycles. The molecule has 0 fully saturated rings. The second kappa shape index (κ2) is 12.7. The molecular weight excluding hydrogens is 348 g/mol. The second-order valence-electron chi connectivity index (χ2n) is 6.71. The van der Waals surface area contributed by atoms with Gasteiger partial charge in [-0.1, -0.05) is 56.3 Å². The van der Waals surface area contributed by atoms with Gasteiger partial charge in [0.1, 0.15) is 12.4 Å². The summed E-state index contributed by atoms with van der Waals surface area (Å²) in [5.74, 6) is 0.737. The van der Waals surface area contributed by atoms with Gasteiger partial charge >= 0.3 is 0 Å². The lowest BCUT2D eigenvalue weighted by Crippen LogP contribution is -2.26. The van der Waals surface area contributed by atoms with Crippen LogP contribution < -0.4 is 10.1 Å². The summed E-state index contributed by atoms with van der Waals surface area (Å²) in [6, 6.07) is 17.8. The highest BCUT2D eigenvalue weighted by atomic mass is 16.5. The van der Waals surface area contributed by atoms with Crippen molar-refractivity contribution in [3.05, 3.63) is 71.8 Å². The van der Waals surface area contributed by atoms with Gasteiger partial charge in [-0.3, -0.25) is 4.79 Å². The largest absolute Gasteiger partial charge is 0.489 e. The van der Waals surface area contributed by atoms with Crippen molar-refractivity contribution in [2.24, 2.45) is 0 Å². The number of nitrogens with one attached hydrogen (secondary N) is 1. The van der Waals surface area contributed by atoms with Crippen LogP contribution >= 0.6 is 0 Å². The van der Waals surface area contributed by atoms with E-state index in [2.05, 4.69) is 24.1 Å². The van der Waals surface area contributed by atoms with E-state index in [1.807, 2.05) is 60.7 Å². The van der Waals surface area contributed by atoms with Gasteiger partial charge in [-0.15, -0.1) is 0 Å². The van der Waals surface area contributed by atoms with E-state index in [9.17, 15) is 4.79 Å². The van der Waals surface area contributed by atoms with Gasteiger partial charge in [-0.05, 0) is 61.8 Å². The number of carbonyl (C=O) groups excluding carboxylic acids is 1. The predicted molar refractivity (Wildman–Crippen MR) is 116 cm³/mol. The summed E-state index contributed by atoms with van der Waals surface area (Å²) < 4.78 is 5.83. The Labute approximate surface area is 169 Å². The zero-order valence-corrected chi connectivity index (χ0v) is 17.1. The number of carbonyl (C=O) groups is 1. The molecule has 0 spiro atoms. The number of amides is 1. The Kier molecular flexibility index (Phi) is 9.87. The Balaban J connectivity index is 1.71. The summed E-state index contributed by atoms with van der Waals surface area (Å²) in [7, 11) is 0. The lowest BCUT2D eigenvalue weighted by atomic mass is 10.2. The number of hydrogen-bond donors (Lipinski definition) is 1. The first-order valence-electron chi connectivity index (χ1n) is 10.2. The van der Waals surface area contributed by atoms with Gasteiger partial charge in [0.05, 0.1) is 0 Å². The molecule has 4 heteroatoms. The van der Waals surface area contributed by atoms with Crippen LogP contribution in [0.15, 0.2) is 60.7 Å². The molecule has 4 nitrogen and oxygen atoms in total. The maximum Gasteiger partial charge on any atom is 0.243 e. The Morgan fingerprint density at radius 1 is 1.04 bits per heavy atom. The molecule has 150 valence electrons. The van der Waals surface area contributed by atoms with Gasteiger partial charge in [-0.2, -0.15) is 0 Å². The van der Waals surface area contributed by atoms with E-state index in [-0.39, 0.29) is 5.91 Å². The molecule has 0 heterocycles. The molecule has 2 aromatic carbocycles. The van der Waals surface area contributed by atoms with Crippen LogP contribution in [0.3, 0.4) is 0 Å². The smallest absolute Gasteiger partial charge is 0.243 e. The topological polar surface area (TPSA) is 41.6 Å². The summed E-state index contributed by atoms with van der Waals surface area (Å²) in [6.45, 7) is 8.86. The monoisotopic (exact) mass is 380 g/mol. The predicted octanol–water partition coefficient (Wildman–Crippen LogP) is 4.52. The maximum absolute atomic E-state index is 12.0. The number of hydrogen-bond acceptors (Lipinski definition) is 3. The molecule has 0 radical (unpaired) electrons. The van der Waals surface area contributed by atoms with Crippen LogP contribution in [0.25, 0.3) is 6.08 Å². The van der Waals surface area contributed by atoms with Crippen molar-refractivity contribution in [3.8, 4) is 5.75 Å². The number of unbranched alkanes of at least 4 members (excludes halogenated alkanes) is 1. The number of ether oxygens (including phenoxy) is 1. The lowest BCUT2D eigenvalue weighted by Gasteiger charge is -2.17. The molecule has 1 amide bonds. The van der Waals surface area contributed by atoms with Gasteiger partial charge in [0.25, 0.3) is 0 Å². The highest BCUT2D eigenvalue weighted by Gasteiger charge is 2.00. The molecule has 2 rings (SSSR count). The SMILES string of the molecule is CCN(CC)CCCCNC(=O)/C=C/c1cccc(OCc2ccccc2)c1. The average Bonchev–Trinajstić information content (AvgIpc) is 2.74. The van der Waals surface area contributed by atoms with Gasteiger partial charge in [0.15, 0.2) is 0 Å². The van der Waals surface area contributed by atoms with Crippen molar-refractivity contribution in [1.29, 1.82) is 0 Å². The first kappa shape index (κ1) is 21.7. The van der Waals surface area contributed by atoms with Crippen LogP contribution in [0, 0.1) is 0 Å². The molecule has 2 aromatic rings. The van der Waals surface area contributed by atoms with Crippen molar-refractivity contribution in [1.82, 2.24) is 10.2 Å². The zero-order chi connectivity index (χ0) is 20.0. The van der Waals surface area contributed by atoms with E-state index >= 15 is 0 Å². The van der Waals surface area contributed by atoms with Crippen LogP contribution in [0.2, 0.25) is 0 Å². The Morgan fingerprint density at radius 3 is 2.57 bits per heavy atom. The van der Waals surface area contributed by atoms with E-state index in [0.29, 0.717) is 13.2 Å². The first-order chi connectivity index (χ1) is 13.7. The standard InChI is InChI=1S/C24H32N2O2/c1-3-26(4-2)18-9-8-17-25-24(27)16-15-21-13-10-14-23(19-21)28-20-22-11-6-5-7-12-22/h5-7,10-16,19H,3-4,8-9,17-18,20H2,1-2H3,(H,25,27)/b16-15+. The summed E-state index contributed by atoms with van der Waals surface area (Å²) >= 11 is 0. The van der Waals surface area contributed by atoms with E-state index in [1.165, 1.54) is 0 Å². The van der Waals surface area contributed by atoms with Gasteiger partial charge < -0.3 is 15.0 Å². The molecule has 0 unspecified atom stereocenters. The van der Waals surface area contributed by atoms with Gasteiger partial charge in [0, 0.05) is 12.6 Å². The van der Waals surface area contributed by atoms with E-state index < -0.39 is 0 Å². The minimum atomic E-state index is -0.0570. The number of nitrogens with zero attached hydrogens (tertiary/aromatic N) is 1. The fourth-order valence-electron chi connectivity index (χ4n) is 2.89. The maximum atomic E-state index is 12.0. The van der Waals surface area contributed by atoms with Gasteiger partial charge in [0.2, 0.25) is 5.91 Å². The van der Waals surface area contributed by atoms with E-state index in [0.717, 1.165) is 49.4 Å². The zero-order valence-electron chi connectivity index (χ0n) is 17.1. The average molecular weight is 381 g/mol. The fraction of sp³-hybridized carbons (Fsp3) is 0.375. The van der Waals surface area contributed by atoms with Crippen molar-refractivity contribution in [2.45, 2.75) is 33.3 Å². The van der Waals surface area contributed by atoms with Crippen LogP contribution in [-0.2, 0) is 11.4 Å². The fourth-order valence-corrected chi connectivity index (χ4v) is 2.89. The minimum absolute atomic E-state index is 0.0570. The van der Waals surface area contributed by atoms with Crippen molar-refractivity contribution in [3.63, 3.8) is 0 Å². The van der Waals surface area contributed by atoms with E-state index in [4.69, 9.17) is 4.74 Å². The quantitative estimate of drug-likeness (QED) is 0.435. The van der Waals surface area contributed by atoms with Crippen molar-refractivity contribution in [2.75, 3.05) is 26.2 Å².